The molecule has 7 heteroatoms. The fraction of sp³-hybridized carbons (Fsp3) is 0.412. The molecule has 2 aromatic rings. The third kappa shape index (κ3) is 4.12. The Balaban J connectivity index is 1.59. The number of β-amino-alcohol motifs (C(OH)–C–C–N with tert-alkyl or cyclic N) is 1. The van der Waals surface area contributed by atoms with E-state index >= 15 is 0 Å². The van der Waals surface area contributed by atoms with Crippen molar-refractivity contribution in [3.05, 3.63) is 36.7 Å². The van der Waals surface area contributed by atoms with Crippen LogP contribution >= 0.6 is 0 Å². The molecule has 0 bridgehead atoms. The van der Waals surface area contributed by atoms with Gasteiger partial charge in [-0.25, -0.2) is 9.97 Å². The Hall–Kier alpha value is -2.38. The maximum absolute atomic E-state index is 9.01. The van der Waals surface area contributed by atoms with E-state index in [-0.39, 0.29) is 6.61 Å². The highest BCUT2D eigenvalue weighted by Crippen LogP contribution is 2.22. The summed E-state index contributed by atoms with van der Waals surface area (Å²) < 4.78 is 0. The quantitative estimate of drug-likeness (QED) is 0.739. The van der Waals surface area contributed by atoms with Gasteiger partial charge >= 0.3 is 0 Å². The van der Waals surface area contributed by atoms with E-state index in [0.717, 1.165) is 50.0 Å². The smallest absolute Gasteiger partial charge is 0.135 e. The number of aliphatic hydroxyl groups is 1. The molecular weight excluding hydrogens is 304 g/mol. The van der Waals surface area contributed by atoms with Crippen LogP contribution in [0.4, 0.5) is 23.0 Å². The molecule has 1 fully saturated rings. The largest absolute Gasteiger partial charge is 0.395 e. The second kappa shape index (κ2) is 7.94. The van der Waals surface area contributed by atoms with Gasteiger partial charge < -0.3 is 20.6 Å². The van der Waals surface area contributed by atoms with E-state index in [1.54, 1.807) is 0 Å². The van der Waals surface area contributed by atoms with Gasteiger partial charge in [0.1, 0.15) is 18.0 Å². The molecule has 0 unspecified atom stereocenters. The van der Waals surface area contributed by atoms with Gasteiger partial charge in [-0.05, 0) is 24.3 Å². The number of hydrogen-bond acceptors (Lipinski definition) is 7. The number of aromatic nitrogens is 2. The van der Waals surface area contributed by atoms with E-state index in [1.165, 1.54) is 12.0 Å². The zero-order valence-corrected chi connectivity index (χ0v) is 13.9. The van der Waals surface area contributed by atoms with Crippen LogP contribution in [-0.4, -0.2) is 66.4 Å². The lowest BCUT2D eigenvalue weighted by molar-refractivity contribution is 0.189. The highest BCUT2D eigenvalue weighted by molar-refractivity contribution is 5.62. The SMILES string of the molecule is CNc1cc(Nc2ccc(N3CCN(CCO)CC3)cc2)ncn1. The molecule has 0 saturated carbocycles. The molecule has 24 heavy (non-hydrogen) atoms. The lowest BCUT2D eigenvalue weighted by Crippen LogP contribution is -2.47. The Morgan fingerprint density at radius 2 is 1.75 bits per heavy atom. The number of benzene rings is 1. The van der Waals surface area contributed by atoms with Gasteiger partial charge in [-0.1, -0.05) is 0 Å². The molecule has 1 saturated heterocycles. The molecule has 1 aliphatic rings. The van der Waals surface area contributed by atoms with Crippen LogP contribution in [0, 0.1) is 0 Å². The van der Waals surface area contributed by atoms with Crippen molar-refractivity contribution in [1.29, 1.82) is 0 Å². The summed E-state index contributed by atoms with van der Waals surface area (Å²) in [6, 6.07) is 10.3. The highest BCUT2D eigenvalue weighted by atomic mass is 16.3. The average Bonchev–Trinajstić information content (AvgIpc) is 2.63. The summed E-state index contributed by atoms with van der Waals surface area (Å²) >= 11 is 0. The molecule has 7 nitrogen and oxygen atoms in total. The van der Waals surface area contributed by atoms with Gasteiger partial charge in [0.15, 0.2) is 0 Å². The third-order valence-electron chi connectivity index (χ3n) is 4.22. The van der Waals surface area contributed by atoms with Gasteiger partial charge in [0.05, 0.1) is 6.61 Å². The maximum atomic E-state index is 9.01. The number of aliphatic hydroxyl groups excluding tert-OH is 1. The number of nitrogens with one attached hydrogen (secondary N) is 2. The zero-order valence-electron chi connectivity index (χ0n) is 13.9. The Morgan fingerprint density at radius 3 is 2.42 bits per heavy atom. The molecule has 0 spiro atoms. The van der Waals surface area contributed by atoms with E-state index in [2.05, 4.69) is 54.7 Å². The predicted molar refractivity (Wildman–Crippen MR) is 97.0 cm³/mol. The van der Waals surface area contributed by atoms with Crippen molar-refractivity contribution in [1.82, 2.24) is 14.9 Å². The van der Waals surface area contributed by atoms with Crippen molar-refractivity contribution >= 4 is 23.0 Å². The summed E-state index contributed by atoms with van der Waals surface area (Å²) in [5, 5.41) is 15.3. The van der Waals surface area contributed by atoms with Crippen LogP contribution in [0.5, 0.6) is 0 Å². The molecule has 0 aliphatic carbocycles. The average molecular weight is 328 g/mol. The molecule has 2 heterocycles. The Morgan fingerprint density at radius 1 is 1.04 bits per heavy atom. The van der Waals surface area contributed by atoms with Crippen LogP contribution in [0.15, 0.2) is 36.7 Å². The Bertz CT molecular complexity index is 640. The molecule has 3 N–H and O–H groups in total. The van der Waals surface area contributed by atoms with Gasteiger partial charge in [0.25, 0.3) is 0 Å². The van der Waals surface area contributed by atoms with E-state index in [1.807, 2.05) is 13.1 Å². The van der Waals surface area contributed by atoms with Crippen LogP contribution in [-0.2, 0) is 0 Å². The molecule has 3 rings (SSSR count). The van der Waals surface area contributed by atoms with E-state index in [0.29, 0.717) is 0 Å². The minimum absolute atomic E-state index is 0.235. The third-order valence-corrected chi connectivity index (χ3v) is 4.22. The normalized spacial score (nSPS) is 15.3. The molecule has 0 radical (unpaired) electrons. The molecule has 128 valence electrons. The summed E-state index contributed by atoms with van der Waals surface area (Å²) in [4.78, 5) is 13.0. The summed E-state index contributed by atoms with van der Waals surface area (Å²) in [5.74, 6) is 1.55. The first-order valence-electron chi connectivity index (χ1n) is 8.23. The molecule has 0 amide bonds. The molecular formula is C17H24N6O. The summed E-state index contributed by atoms with van der Waals surface area (Å²) in [7, 11) is 1.83. The van der Waals surface area contributed by atoms with Gasteiger partial charge in [-0.15, -0.1) is 0 Å². The number of piperazine rings is 1. The van der Waals surface area contributed by atoms with Gasteiger partial charge in [-0.2, -0.15) is 0 Å². The number of nitrogens with zero attached hydrogens (tertiary/aromatic N) is 4. The summed E-state index contributed by atoms with van der Waals surface area (Å²) in [5.41, 5.74) is 2.22. The minimum Gasteiger partial charge on any atom is -0.395 e. The lowest BCUT2D eigenvalue weighted by atomic mass is 10.2. The van der Waals surface area contributed by atoms with Crippen molar-refractivity contribution in [2.24, 2.45) is 0 Å². The standard InChI is InChI=1S/C17H24N6O/c1-18-16-12-17(20-13-19-16)21-14-2-4-15(5-3-14)23-8-6-22(7-9-23)10-11-24/h2-5,12-13,24H,6-11H2,1H3,(H2,18,19,20,21). The molecule has 1 aromatic heterocycles. The first-order chi connectivity index (χ1) is 11.8. The monoisotopic (exact) mass is 328 g/mol. The van der Waals surface area contributed by atoms with E-state index in [9.17, 15) is 0 Å². The first-order valence-corrected chi connectivity index (χ1v) is 8.23. The second-order valence-corrected chi connectivity index (χ2v) is 5.76. The van der Waals surface area contributed by atoms with Crippen molar-refractivity contribution < 1.29 is 5.11 Å². The number of anilines is 4. The fourth-order valence-electron chi connectivity index (χ4n) is 2.84. The van der Waals surface area contributed by atoms with Crippen LogP contribution in [0.25, 0.3) is 0 Å². The van der Waals surface area contributed by atoms with Crippen molar-refractivity contribution in [3.63, 3.8) is 0 Å². The van der Waals surface area contributed by atoms with Gasteiger partial charge in [-0.3, -0.25) is 4.90 Å². The molecule has 0 atom stereocenters. The van der Waals surface area contributed by atoms with Crippen LogP contribution in [0.2, 0.25) is 0 Å². The summed E-state index contributed by atoms with van der Waals surface area (Å²) in [6.45, 7) is 4.97. The zero-order chi connectivity index (χ0) is 16.8. The van der Waals surface area contributed by atoms with E-state index in [4.69, 9.17) is 5.11 Å². The van der Waals surface area contributed by atoms with Crippen molar-refractivity contribution in [2.45, 2.75) is 0 Å². The summed E-state index contributed by atoms with van der Waals surface area (Å²) in [6.07, 6.45) is 1.54. The van der Waals surface area contributed by atoms with E-state index < -0.39 is 0 Å². The van der Waals surface area contributed by atoms with Crippen LogP contribution < -0.4 is 15.5 Å². The van der Waals surface area contributed by atoms with Crippen LogP contribution in [0.1, 0.15) is 0 Å². The maximum Gasteiger partial charge on any atom is 0.135 e. The highest BCUT2D eigenvalue weighted by Gasteiger charge is 2.16. The van der Waals surface area contributed by atoms with Crippen LogP contribution in [0.3, 0.4) is 0 Å². The Kier molecular flexibility index (Phi) is 5.45. The molecule has 1 aliphatic heterocycles. The first kappa shape index (κ1) is 16.5. The van der Waals surface area contributed by atoms with Crippen molar-refractivity contribution in [3.8, 4) is 0 Å². The van der Waals surface area contributed by atoms with Gasteiger partial charge in [0.2, 0.25) is 0 Å². The second-order valence-electron chi connectivity index (χ2n) is 5.76. The van der Waals surface area contributed by atoms with Crippen molar-refractivity contribution in [2.75, 3.05) is 61.9 Å². The topological polar surface area (TPSA) is 76.5 Å². The number of hydrogen-bond donors (Lipinski definition) is 3. The lowest BCUT2D eigenvalue weighted by Gasteiger charge is -2.35. The number of rotatable bonds is 6. The minimum atomic E-state index is 0.235. The predicted octanol–water partition coefficient (Wildman–Crippen LogP) is 1.38. The Labute approximate surface area is 142 Å². The van der Waals surface area contributed by atoms with Gasteiger partial charge in [0, 0.05) is 57.2 Å². The fourth-order valence-corrected chi connectivity index (χ4v) is 2.84. The molecule has 1 aromatic carbocycles.